The lowest BCUT2D eigenvalue weighted by atomic mass is 10.1. The molecule has 1 aromatic carbocycles. The molecule has 0 saturated heterocycles. The van der Waals surface area contributed by atoms with E-state index in [4.69, 9.17) is 9.15 Å². The second kappa shape index (κ2) is 8.09. The molecule has 138 valence electrons. The molecule has 0 saturated carbocycles. The van der Waals surface area contributed by atoms with Crippen LogP contribution in [0.3, 0.4) is 0 Å². The van der Waals surface area contributed by atoms with Gasteiger partial charge in [0.05, 0.1) is 18.3 Å². The van der Waals surface area contributed by atoms with Crippen LogP contribution in [-0.4, -0.2) is 40.7 Å². The van der Waals surface area contributed by atoms with Gasteiger partial charge in [-0.2, -0.15) is 5.10 Å². The van der Waals surface area contributed by atoms with E-state index in [1.807, 2.05) is 30.3 Å². The number of rotatable bonds is 6. The largest absolute Gasteiger partial charge is 0.452 e. The van der Waals surface area contributed by atoms with E-state index in [-0.39, 0.29) is 5.76 Å². The van der Waals surface area contributed by atoms with Crippen LogP contribution in [0.1, 0.15) is 17.7 Å². The number of hydrogen-bond donors (Lipinski definition) is 0. The third kappa shape index (κ3) is 4.66. The molecule has 9 heteroatoms. The molecular formula is C18H15N3O6. The van der Waals surface area contributed by atoms with Gasteiger partial charge in [-0.05, 0) is 17.7 Å². The zero-order valence-electron chi connectivity index (χ0n) is 14.1. The van der Waals surface area contributed by atoms with Crippen LogP contribution < -0.4 is 0 Å². The van der Waals surface area contributed by atoms with Crippen molar-refractivity contribution < 1.29 is 23.7 Å². The fraction of sp³-hybridized carbons (Fsp3) is 0.167. The minimum atomic E-state index is -0.770. The molecule has 2 heterocycles. The van der Waals surface area contributed by atoms with Crippen LogP contribution in [0, 0.1) is 10.1 Å². The highest BCUT2D eigenvalue weighted by molar-refractivity contribution is 6.02. The standard InChI is InChI=1S/C18H15N3O6/c22-16(20-11-10-15(19-20)13-4-2-1-3-5-13)12-26-18(23)9-7-14-6-8-17(27-14)21(24)25/h1-9H,10-12H2/b9-7+. The van der Waals surface area contributed by atoms with E-state index in [0.29, 0.717) is 13.0 Å². The van der Waals surface area contributed by atoms with Crippen molar-refractivity contribution in [1.29, 1.82) is 0 Å². The molecule has 0 aliphatic carbocycles. The SMILES string of the molecule is O=C(/C=C/c1ccc([N+](=O)[O-])o1)OCC(=O)N1CCC(c2ccccc2)=N1. The lowest BCUT2D eigenvalue weighted by Gasteiger charge is -2.10. The van der Waals surface area contributed by atoms with Crippen molar-refractivity contribution in [3.63, 3.8) is 0 Å². The molecule has 2 aromatic rings. The van der Waals surface area contributed by atoms with Crippen LogP contribution in [0.5, 0.6) is 0 Å². The van der Waals surface area contributed by atoms with Crippen LogP contribution in [0.15, 0.2) is 58.1 Å². The molecule has 1 aromatic heterocycles. The first-order chi connectivity index (χ1) is 13.0. The summed E-state index contributed by atoms with van der Waals surface area (Å²) in [7, 11) is 0. The third-order valence-electron chi connectivity index (χ3n) is 3.71. The summed E-state index contributed by atoms with van der Waals surface area (Å²) in [4.78, 5) is 33.6. The Morgan fingerprint density at radius 1 is 1.26 bits per heavy atom. The van der Waals surface area contributed by atoms with E-state index in [1.165, 1.54) is 23.2 Å². The van der Waals surface area contributed by atoms with Crippen LogP contribution in [0.4, 0.5) is 5.88 Å². The first-order valence-electron chi connectivity index (χ1n) is 8.05. The molecule has 0 spiro atoms. The van der Waals surface area contributed by atoms with Crippen molar-refractivity contribution in [2.24, 2.45) is 5.10 Å². The zero-order chi connectivity index (χ0) is 19.2. The molecule has 0 atom stereocenters. The molecule has 1 aliphatic rings. The molecular weight excluding hydrogens is 354 g/mol. The van der Waals surface area contributed by atoms with Crippen LogP contribution >= 0.6 is 0 Å². The van der Waals surface area contributed by atoms with Gasteiger partial charge in [-0.25, -0.2) is 9.80 Å². The fourth-order valence-corrected chi connectivity index (χ4v) is 2.41. The van der Waals surface area contributed by atoms with Gasteiger partial charge < -0.3 is 9.15 Å². The summed E-state index contributed by atoms with van der Waals surface area (Å²) >= 11 is 0. The Morgan fingerprint density at radius 3 is 2.74 bits per heavy atom. The summed E-state index contributed by atoms with van der Waals surface area (Å²) in [6.07, 6.45) is 2.88. The van der Waals surface area contributed by atoms with Gasteiger partial charge in [-0.1, -0.05) is 30.3 Å². The van der Waals surface area contributed by atoms with Crippen molar-refractivity contribution >= 4 is 29.5 Å². The maximum atomic E-state index is 12.1. The first-order valence-corrected chi connectivity index (χ1v) is 8.05. The molecule has 9 nitrogen and oxygen atoms in total. The second-order valence-electron chi connectivity index (χ2n) is 5.55. The monoisotopic (exact) mass is 369 g/mol. The lowest BCUT2D eigenvalue weighted by Crippen LogP contribution is -2.28. The quantitative estimate of drug-likeness (QED) is 0.334. The average molecular weight is 369 g/mol. The number of esters is 1. The molecule has 0 N–H and O–H groups in total. The van der Waals surface area contributed by atoms with Crippen LogP contribution in [0.2, 0.25) is 0 Å². The molecule has 1 amide bonds. The number of nitrogens with zero attached hydrogens (tertiary/aromatic N) is 3. The van der Waals surface area contributed by atoms with Gasteiger partial charge in [0.25, 0.3) is 5.91 Å². The summed E-state index contributed by atoms with van der Waals surface area (Å²) in [5.74, 6) is -1.51. The second-order valence-corrected chi connectivity index (χ2v) is 5.55. The number of ether oxygens (including phenoxy) is 1. The van der Waals surface area contributed by atoms with Gasteiger partial charge in [-0.15, -0.1) is 0 Å². The molecule has 0 bridgehead atoms. The summed E-state index contributed by atoms with van der Waals surface area (Å²) < 4.78 is 9.74. The predicted octanol–water partition coefficient (Wildman–Crippen LogP) is 2.38. The minimum Gasteiger partial charge on any atom is -0.452 e. The molecule has 27 heavy (non-hydrogen) atoms. The Balaban J connectivity index is 1.50. The number of hydrazone groups is 1. The van der Waals surface area contributed by atoms with E-state index in [1.54, 1.807) is 0 Å². The Hall–Kier alpha value is -3.75. The Morgan fingerprint density at radius 2 is 2.04 bits per heavy atom. The Bertz CT molecular complexity index is 916. The van der Waals surface area contributed by atoms with Gasteiger partial charge in [-0.3, -0.25) is 14.9 Å². The van der Waals surface area contributed by atoms with E-state index in [2.05, 4.69) is 5.10 Å². The number of carbonyl (C=O) groups is 2. The predicted molar refractivity (Wildman–Crippen MR) is 94.7 cm³/mol. The number of hydrogen-bond acceptors (Lipinski definition) is 7. The first kappa shape index (κ1) is 18.1. The molecule has 1 aliphatic heterocycles. The molecule has 0 radical (unpaired) electrons. The highest BCUT2D eigenvalue weighted by Crippen LogP contribution is 2.17. The van der Waals surface area contributed by atoms with Gasteiger partial charge in [0, 0.05) is 12.5 Å². The molecule has 0 unspecified atom stereocenters. The van der Waals surface area contributed by atoms with Gasteiger partial charge in [0.2, 0.25) is 0 Å². The smallest absolute Gasteiger partial charge is 0.433 e. The summed E-state index contributed by atoms with van der Waals surface area (Å²) in [5.41, 5.74) is 1.75. The van der Waals surface area contributed by atoms with Crippen molar-refractivity contribution in [2.45, 2.75) is 6.42 Å². The summed E-state index contributed by atoms with van der Waals surface area (Å²) in [6.45, 7) is -0.0282. The summed E-state index contributed by atoms with van der Waals surface area (Å²) in [5, 5.41) is 16.0. The van der Waals surface area contributed by atoms with Crippen molar-refractivity contribution in [1.82, 2.24) is 5.01 Å². The van der Waals surface area contributed by atoms with Crippen molar-refractivity contribution in [3.8, 4) is 0 Å². The number of amides is 1. The average Bonchev–Trinajstić information content (AvgIpc) is 3.35. The van der Waals surface area contributed by atoms with Crippen LogP contribution in [-0.2, 0) is 14.3 Å². The van der Waals surface area contributed by atoms with E-state index >= 15 is 0 Å². The zero-order valence-corrected chi connectivity index (χ0v) is 14.1. The topological polar surface area (TPSA) is 115 Å². The maximum absolute atomic E-state index is 12.1. The number of nitro groups is 1. The van der Waals surface area contributed by atoms with Gasteiger partial charge >= 0.3 is 11.9 Å². The van der Waals surface area contributed by atoms with Crippen LogP contribution in [0.25, 0.3) is 6.08 Å². The Labute approximate surface area is 153 Å². The van der Waals surface area contributed by atoms with Gasteiger partial charge in [0.1, 0.15) is 10.7 Å². The third-order valence-corrected chi connectivity index (χ3v) is 3.71. The van der Waals surface area contributed by atoms with Crippen molar-refractivity contribution in [3.05, 3.63) is 70.0 Å². The number of benzene rings is 1. The van der Waals surface area contributed by atoms with Crippen molar-refractivity contribution in [2.75, 3.05) is 13.2 Å². The molecule has 0 fully saturated rings. The highest BCUT2D eigenvalue weighted by Gasteiger charge is 2.22. The minimum absolute atomic E-state index is 0.127. The fourth-order valence-electron chi connectivity index (χ4n) is 2.41. The summed E-state index contributed by atoms with van der Waals surface area (Å²) in [6, 6.07) is 12.0. The highest BCUT2D eigenvalue weighted by atomic mass is 16.6. The normalized spacial score (nSPS) is 13.6. The number of furan rings is 1. The van der Waals surface area contributed by atoms with E-state index < -0.39 is 29.3 Å². The molecule has 3 rings (SSSR count). The lowest BCUT2D eigenvalue weighted by molar-refractivity contribution is -0.402. The number of carbonyl (C=O) groups excluding carboxylic acids is 2. The van der Waals surface area contributed by atoms with E-state index in [0.717, 1.165) is 17.4 Å². The van der Waals surface area contributed by atoms with Gasteiger partial charge in [0.15, 0.2) is 6.61 Å². The Kier molecular flexibility index (Phi) is 5.41. The van der Waals surface area contributed by atoms with E-state index in [9.17, 15) is 19.7 Å². The maximum Gasteiger partial charge on any atom is 0.433 e.